The molecule has 0 aliphatic rings. The molecule has 0 saturated carbocycles. The Morgan fingerprint density at radius 3 is 2.82 bits per heavy atom. The van der Waals surface area contributed by atoms with Crippen molar-refractivity contribution >= 4 is 11.7 Å². The van der Waals surface area contributed by atoms with Crippen LogP contribution in [-0.4, -0.2) is 23.0 Å². The van der Waals surface area contributed by atoms with Crippen LogP contribution in [0.5, 0.6) is 5.75 Å². The first-order valence-electron chi connectivity index (χ1n) is 5.01. The standard InChI is InChI=1S/C12H11N3O2/c1-17-10-5-3-7-14-11(10)15-12(16)9-4-2-6-13-8-9/h2-8H,1H3,(H,14,15,16). The Balaban J connectivity index is 2.19. The third kappa shape index (κ3) is 2.57. The Morgan fingerprint density at radius 2 is 2.12 bits per heavy atom. The van der Waals surface area contributed by atoms with E-state index in [1.165, 1.54) is 13.3 Å². The number of hydrogen-bond donors (Lipinski definition) is 1. The number of rotatable bonds is 3. The number of methoxy groups -OCH3 is 1. The van der Waals surface area contributed by atoms with E-state index in [0.717, 1.165) is 0 Å². The first-order valence-corrected chi connectivity index (χ1v) is 5.01. The van der Waals surface area contributed by atoms with E-state index in [4.69, 9.17) is 4.74 Å². The maximum absolute atomic E-state index is 11.8. The third-order valence-corrected chi connectivity index (χ3v) is 2.15. The van der Waals surface area contributed by atoms with Gasteiger partial charge in [-0.3, -0.25) is 9.78 Å². The van der Waals surface area contributed by atoms with E-state index >= 15 is 0 Å². The lowest BCUT2D eigenvalue weighted by atomic mass is 10.2. The summed E-state index contributed by atoms with van der Waals surface area (Å²) in [5, 5.41) is 2.66. The van der Waals surface area contributed by atoms with Gasteiger partial charge in [0.1, 0.15) is 0 Å². The minimum Gasteiger partial charge on any atom is -0.493 e. The van der Waals surface area contributed by atoms with Crippen molar-refractivity contribution < 1.29 is 9.53 Å². The molecule has 86 valence electrons. The number of carbonyl (C=O) groups is 1. The third-order valence-electron chi connectivity index (χ3n) is 2.15. The summed E-state index contributed by atoms with van der Waals surface area (Å²) >= 11 is 0. The number of nitrogens with one attached hydrogen (secondary N) is 1. The fraction of sp³-hybridized carbons (Fsp3) is 0.0833. The van der Waals surface area contributed by atoms with Crippen molar-refractivity contribution in [1.82, 2.24) is 9.97 Å². The quantitative estimate of drug-likeness (QED) is 0.870. The van der Waals surface area contributed by atoms with Gasteiger partial charge in [-0.15, -0.1) is 0 Å². The number of ether oxygens (including phenoxy) is 1. The van der Waals surface area contributed by atoms with E-state index in [1.54, 1.807) is 36.7 Å². The molecule has 0 unspecified atom stereocenters. The van der Waals surface area contributed by atoms with E-state index in [1.807, 2.05) is 0 Å². The highest BCUT2D eigenvalue weighted by atomic mass is 16.5. The number of pyridine rings is 2. The highest BCUT2D eigenvalue weighted by Crippen LogP contribution is 2.20. The lowest BCUT2D eigenvalue weighted by Crippen LogP contribution is -2.13. The summed E-state index contributed by atoms with van der Waals surface area (Å²) in [6.45, 7) is 0. The number of aromatic nitrogens is 2. The van der Waals surface area contributed by atoms with Crippen LogP contribution in [-0.2, 0) is 0 Å². The maximum Gasteiger partial charge on any atom is 0.258 e. The van der Waals surface area contributed by atoms with Gasteiger partial charge in [0.25, 0.3) is 5.91 Å². The van der Waals surface area contributed by atoms with E-state index in [0.29, 0.717) is 17.1 Å². The van der Waals surface area contributed by atoms with Crippen molar-refractivity contribution in [3.05, 3.63) is 48.4 Å². The lowest BCUT2D eigenvalue weighted by Gasteiger charge is -2.08. The molecule has 0 fully saturated rings. The average molecular weight is 229 g/mol. The molecule has 0 atom stereocenters. The van der Waals surface area contributed by atoms with Crippen molar-refractivity contribution in [2.75, 3.05) is 12.4 Å². The number of hydrogen-bond acceptors (Lipinski definition) is 4. The molecule has 2 heterocycles. The number of carbonyl (C=O) groups excluding carboxylic acids is 1. The summed E-state index contributed by atoms with van der Waals surface area (Å²) in [6, 6.07) is 6.84. The summed E-state index contributed by atoms with van der Waals surface area (Å²) in [5.41, 5.74) is 0.472. The molecule has 0 spiro atoms. The van der Waals surface area contributed by atoms with Gasteiger partial charge in [-0.2, -0.15) is 0 Å². The van der Waals surface area contributed by atoms with Crippen LogP contribution in [0.4, 0.5) is 5.82 Å². The molecule has 5 heteroatoms. The Kier molecular flexibility index (Phi) is 3.30. The van der Waals surface area contributed by atoms with Gasteiger partial charge < -0.3 is 10.1 Å². The summed E-state index contributed by atoms with van der Waals surface area (Å²) in [6.07, 6.45) is 4.68. The Labute approximate surface area is 98.5 Å². The van der Waals surface area contributed by atoms with Gasteiger partial charge >= 0.3 is 0 Å². The smallest absolute Gasteiger partial charge is 0.258 e. The molecule has 5 nitrogen and oxygen atoms in total. The Bertz CT molecular complexity index is 514. The minimum atomic E-state index is -0.268. The van der Waals surface area contributed by atoms with E-state index in [2.05, 4.69) is 15.3 Å². The molecular weight excluding hydrogens is 218 g/mol. The van der Waals surface area contributed by atoms with Crippen LogP contribution >= 0.6 is 0 Å². The predicted octanol–water partition coefficient (Wildman–Crippen LogP) is 1.74. The van der Waals surface area contributed by atoms with Gasteiger partial charge in [0, 0.05) is 18.6 Å². The highest BCUT2D eigenvalue weighted by molar-refractivity contribution is 6.04. The first kappa shape index (κ1) is 11.1. The Hall–Kier alpha value is -2.43. The monoisotopic (exact) mass is 229 g/mol. The van der Waals surface area contributed by atoms with Crippen LogP contribution < -0.4 is 10.1 Å². The second-order valence-electron chi connectivity index (χ2n) is 3.25. The molecule has 2 aromatic rings. The van der Waals surface area contributed by atoms with Crippen molar-refractivity contribution in [1.29, 1.82) is 0 Å². The number of anilines is 1. The van der Waals surface area contributed by atoms with Crippen LogP contribution in [0.1, 0.15) is 10.4 Å². The topological polar surface area (TPSA) is 64.1 Å². The summed E-state index contributed by atoms with van der Waals surface area (Å²) in [4.78, 5) is 19.8. The van der Waals surface area contributed by atoms with Crippen molar-refractivity contribution in [2.45, 2.75) is 0 Å². The molecule has 0 aromatic carbocycles. The molecule has 1 N–H and O–H groups in total. The summed E-state index contributed by atoms with van der Waals surface area (Å²) in [5.74, 6) is 0.642. The largest absolute Gasteiger partial charge is 0.493 e. The molecule has 17 heavy (non-hydrogen) atoms. The van der Waals surface area contributed by atoms with Crippen LogP contribution in [0.25, 0.3) is 0 Å². The summed E-state index contributed by atoms with van der Waals surface area (Å²) < 4.78 is 5.09. The fourth-order valence-electron chi connectivity index (χ4n) is 1.33. The lowest BCUT2D eigenvalue weighted by molar-refractivity contribution is 0.102. The number of amides is 1. The molecule has 0 aliphatic heterocycles. The zero-order valence-electron chi connectivity index (χ0n) is 9.25. The van der Waals surface area contributed by atoms with Gasteiger partial charge in [0.15, 0.2) is 11.6 Å². The van der Waals surface area contributed by atoms with Crippen LogP contribution in [0.15, 0.2) is 42.9 Å². The zero-order chi connectivity index (χ0) is 12.1. The second kappa shape index (κ2) is 5.07. The average Bonchev–Trinajstić information content (AvgIpc) is 2.40. The van der Waals surface area contributed by atoms with Gasteiger partial charge in [-0.25, -0.2) is 4.98 Å². The van der Waals surface area contributed by atoms with Crippen molar-refractivity contribution in [3.63, 3.8) is 0 Å². The second-order valence-corrected chi connectivity index (χ2v) is 3.25. The fourth-order valence-corrected chi connectivity index (χ4v) is 1.33. The molecule has 0 bridgehead atoms. The highest BCUT2D eigenvalue weighted by Gasteiger charge is 2.09. The molecule has 2 rings (SSSR count). The van der Waals surface area contributed by atoms with Crippen molar-refractivity contribution in [3.8, 4) is 5.75 Å². The van der Waals surface area contributed by atoms with E-state index in [-0.39, 0.29) is 5.91 Å². The van der Waals surface area contributed by atoms with Crippen LogP contribution in [0.2, 0.25) is 0 Å². The predicted molar refractivity (Wildman–Crippen MR) is 63.0 cm³/mol. The molecule has 1 amide bonds. The van der Waals surface area contributed by atoms with Crippen molar-refractivity contribution in [2.24, 2.45) is 0 Å². The minimum absolute atomic E-state index is 0.268. The van der Waals surface area contributed by atoms with Gasteiger partial charge in [0.2, 0.25) is 0 Å². The molecule has 0 aliphatic carbocycles. The van der Waals surface area contributed by atoms with Crippen LogP contribution in [0, 0.1) is 0 Å². The van der Waals surface area contributed by atoms with Gasteiger partial charge in [0.05, 0.1) is 12.7 Å². The SMILES string of the molecule is COc1cccnc1NC(=O)c1cccnc1. The molecule has 0 radical (unpaired) electrons. The first-order chi connectivity index (χ1) is 8.31. The number of nitrogens with zero attached hydrogens (tertiary/aromatic N) is 2. The normalized spacial score (nSPS) is 9.71. The van der Waals surface area contributed by atoms with E-state index < -0.39 is 0 Å². The van der Waals surface area contributed by atoms with Gasteiger partial charge in [-0.1, -0.05) is 0 Å². The molecule has 2 aromatic heterocycles. The Morgan fingerprint density at radius 1 is 1.29 bits per heavy atom. The zero-order valence-corrected chi connectivity index (χ0v) is 9.25. The van der Waals surface area contributed by atoms with Gasteiger partial charge in [-0.05, 0) is 24.3 Å². The van der Waals surface area contributed by atoms with E-state index in [9.17, 15) is 4.79 Å². The van der Waals surface area contributed by atoms with Crippen LogP contribution in [0.3, 0.4) is 0 Å². The summed E-state index contributed by atoms with van der Waals surface area (Å²) in [7, 11) is 1.52. The maximum atomic E-state index is 11.8. The molecular formula is C12H11N3O2. The molecule has 0 saturated heterocycles.